The maximum atomic E-state index is 13.3. The molecule has 2 aromatic carbocycles. The van der Waals surface area contributed by atoms with Crippen LogP contribution in [0.5, 0.6) is 5.75 Å². The van der Waals surface area contributed by atoms with Crippen LogP contribution in [0.25, 0.3) is 0 Å². The average Bonchev–Trinajstić information content (AvgIpc) is 2.37. The van der Waals surface area contributed by atoms with Gasteiger partial charge in [0.15, 0.2) is 0 Å². The van der Waals surface area contributed by atoms with Gasteiger partial charge < -0.3 is 17.7 Å². The molecule has 2 rings (SSSR count). The third kappa shape index (κ3) is 3.50. The van der Waals surface area contributed by atoms with Gasteiger partial charge in [0.25, 0.3) is 0 Å². The van der Waals surface area contributed by atoms with Gasteiger partial charge in [-0.2, -0.15) is 0 Å². The lowest BCUT2D eigenvalue weighted by Gasteiger charge is -2.15. The highest BCUT2D eigenvalue weighted by Crippen LogP contribution is 2.16. The summed E-state index contributed by atoms with van der Waals surface area (Å²) in [5.74, 6) is -0.134. The Kier molecular flexibility index (Phi) is 3.78. The summed E-state index contributed by atoms with van der Waals surface area (Å²) >= 11 is 0. The maximum Gasteiger partial charge on any atom is 0.509 e. The van der Waals surface area contributed by atoms with Crippen LogP contribution in [-0.4, -0.2) is 6.98 Å². The third-order valence-corrected chi connectivity index (χ3v) is 2.61. The first-order valence-electron chi connectivity index (χ1n) is 5.63. The smallest absolute Gasteiger partial charge is 0.489 e. The summed E-state index contributed by atoms with van der Waals surface area (Å²) < 4.78 is 55.7. The van der Waals surface area contributed by atoms with Crippen LogP contribution in [0.2, 0.25) is 0 Å². The van der Waals surface area contributed by atoms with Gasteiger partial charge in [0, 0.05) is 5.56 Å². The van der Waals surface area contributed by atoms with Gasteiger partial charge in [-0.25, -0.2) is 4.39 Å². The van der Waals surface area contributed by atoms with E-state index in [1.165, 1.54) is 18.2 Å². The second kappa shape index (κ2) is 5.34. The van der Waals surface area contributed by atoms with Crippen LogP contribution in [0.3, 0.4) is 0 Å². The molecule has 0 aliphatic carbocycles. The lowest BCUT2D eigenvalue weighted by Crippen LogP contribution is -2.33. The van der Waals surface area contributed by atoms with E-state index < -0.39 is 18.3 Å². The number of hydrogen-bond donors (Lipinski definition) is 0. The van der Waals surface area contributed by atoms with Crippen molar-refractivity contribution in [2.24, 2.45) is 0 Å². The fourth-order valence-electron chi connectivity index (χ4n) is 1.56. The molecule has 0 saturated carbocycles. The van der Waals surface area contributed by atoms with E-state index in [1.54, 1.807) is 18.2 Å². The molecule has 0 fully saturated rings. The van der Waals surface area contributed by atoms with Crippen LogP contribution < -0.4 is 10.2 Å². The highest BCUT2D eigenvalue weighted by molar-refractivity contribution is 6.73. The van der Waals surface area contributed by atoms with E-state index in [1.807, 2.05) is 0 Å². The number of hydrogen-bond acceptors (Lipinski definition) is 1. The lowest BCUT2D eigenvalue weighted by atomic mass is 9.80. The SMILES string of the molecule is Fc1ccccc1COc1ccc([B-](F)(F)F)cc1. The monoisotopic (exact) mass is 269 g/mol. The van der Waals surface area contributed by atoms with Gasteiger partial charge in [0.2, 0.25) is 0 Å². The van der Waals surface area contributed by atoms with Crippen molar-refractivity contribution in [3.05, 3.63) is 59.9 Å². The van der Waals surface area contributed by atoms with E-state index in [-0.39, 0.29) is 12.4 Å². The van der Waals surface area contributed by atoms with E-state index in [4.69, 9.17) is 4.74 Å². The van der Waals surface area contributed by atoms with E-state index in [9.17, 15) is 17.3 Å². The topological polar surface area (TPSA) is 9.23 Å². The van der Waals surface area contributed by atoms with Gasteiger partial charge in [-0.05, 0) is 18.2 Å². The zero-order valence-electron chi connectivity index (χ0n) is 9.82. The van der Waals surface area contributed by atoms with Crippen LogP contribution in [-0.2, 0) is 6.61 Å². The molecule has 0 unspecified atom stereocenters. The van der Waals surface area contributed by atoms with Gasteiger partial charge in [-0.1, -0.05) is 30.3 Å². The van der Waals surface area contributed by atoms with Crippen LogP contribution in [0.15, 0.2) is 48.5 Å². The quantitative estimate of drug-likeness (QED) is 0.610. The molecule has 100 valence electrons. The Labute approximate surface area is 107 Å². The predicted molar refractivity (Wildman–Crippen MR) is 65.9 cm³/mol. The Hall–Kier alpha value is -1.98. The van der Waals surface area contributed by atoms with Crippen molar-refractivity contribution in [3.63, 3.8) is 0 Å². The molecule has 19 heavy (non-hydrogen) atoms. The fourth-order valence-corrected chi connectivity index (χ4v) is 1.56. The van der Waals surface area contributed by atoms with E-state index in [0.717, 1.165) is 12.1 Å². The van der Waals surface area contributed by atoms with E-state index >= 15 is 0 Å². The maximum absolute atomic E-state index is 13.3. The molecule has 0 N–H and O–H groups in total. The first-order chi connectivity index (χ1) is 8.97. The van der Waals surface area contributed by atoms with Crippen molar-refractivity contribution < 1.29 is 22.1 Å². The minimum atomic E-state index is -5.00. The van der Waals surface area contributed by atoms with Crippen molar-refractivity contribution in [2.75, 3.05) is 0 Å². The largest absolute Gasteiger partial charge is 0.509 e. The van der Waals surface area contributed by atoms with Gasteiger partial charge in [0.1, 0.15) is 18.2 Å². The minimum absolute atomic E-state index is 0.0246. The summed E-state index contributed by atoms with van der Waals surface area (Å²) in [7, 11) is 0. The highest BCUT2D eigenvalue weighted by Gasteiger charge is 2.24. The summed E-state index contributed by atoms with van der Waals surface area (Å²) in [5.41, 5.74) is -0.329. The molecule has 0 atom stereocenters. The summed E-state index contributed by atoms with van der Waals surface area (Å²) in [4.78, 5) is 0. The number of halogens is 4. The van der Waals surface area contributed by atoms with Gasteiger partial charge >= 0.3 is 6.98 Å². The summed E-state index contributed by atoms with van der Waals surface area (Å²) in [6.07, 6.45) is 0. The fraction of sp³-hybridized carbons (Fsp3) is 0.0769. The summed E-state index contributed by atoms with van der Waals surface area (Å²) in [5, 5.41) is 0. The van der Waals surface area contributed by atoms with Gasteiger partial charge in [-0.3, -0.25) is 0 Å². The molecule has 0 heterocycles. The molecule has 0 aromatic heterocycles. The van der Waals surface area contributed by atoms with Gasteiger partial charge in [-0.15, -0.1) is 5.46 Å². The molecule has 0 aliphatic heterocycles. The predicted octanol–water partition coefficient (Wildman–Crippen LogP) is 3.46. The molecule has 0 bridgehead atoms. The average molecular weight is 269 g/mol. The van der Waals surface area contributed by atoms with Crippen molar-refractivity contribution >= 4 is 12.4 Å². The van der Waals surface area contributed by atoms with Crippen LogP contribution >= 0.6 is 0 Å². The molecule has 2 aromatic rings. The van der Waals surface area contributed by atoms with E-state index in [2.05, 4.69) is 0 Å². The first kappa shape index (κ1) is 13.5. The number of ether oxygens (including phenoxy) is 1. The first-order valence-corrected chi connectivity index (χ1v) is 5.63. The normalized spacial score (nSPS) is 11.4. The second-order valence-corrected chi connectivity index (χ2v) is 4.02. The van der Waals surface area contributed by atoms with E-state index in [0.29, 0.717) is 5.56 Å². The summed E-state index contributed by atoms with van der Waals surface area (Å²) in [6, 6.07) is 10.4. The summed E-state index contributed by atoms with van der Waals surface area (Å²) in [6.45, 7) is -5.02. The standard InChI is InChI=1S/C13H10BF4O/c15-13-4-2-1-3-10(13)9-19-12-7-5-11(6-8-12)14(16,17)18/h1-8H,9H2/q-1. The second-order valence-electron chi connectivity index (χ2n) is 4.02. The number of rotatable bonds is 4. The molecule has 6 heteroatoms. The molecule has 1 nitrogen and oxygen atoms in total. The Morgan fingerprint density at radius 3 is 2.11 bits per heavy atom. The minimum Gasteiger partial charge on any atom is -0.489 e. The third-order valence-electron chi connectivity index (χ3n) is 2.61. The lowest BCUT2D eigenvalue weighted by molar-refractivity contribution is 0.300. The zero-order valence-corrected chi connectivity index (χ0v) is 9.82. The van der Waals surface area contributed by atoms with Crippen molar-refractivity contribution in [1.82, 2.24) is 0 Å². The molecule has 0 aliphatic rings. The molecule has 0 radical (unpaired) electrons. The Balaban J connectivity index is 2.03. The Morgan fingerprint density at radius 1 is 0.895 bits per heavy atom. The molecule has 0 amide bonds. The number of benzene rings is 2. The molecule has 0 spiro atoms. The molecular weight excluding hydrogens is 259 g/mol. The highest BCUT2D eigenvalue weighted by atomic mass is 19.4. The van der Waals surface area contributed by atoms with Crippen molar-refractivity contribution in [3.8, 4) is 5.75 Å². The zero-order chi connectivity index (χ0) is 13.9. The van der Waals surface area contributed by atoms with Crippen LogP contribution in [0, 0.1) is 5.82 Å². The Bertz CT molecular complexity index is 551. The molecule has 0 saturated heterocycles. The van der Waals surface area contributed by atoms with Crippen LogP contribution in [0.4, 0.5) is 17.3 Å². The van der Waals surface area contributed by atoms with Crippen molar-refractivity contribution in [1.29, 1.82) is 0 Å². The Morgan fingerprint density at radius 2 is 1.53 bits per heavy atom. The molecular formula is C13H10BF4O-. The van der Waals surface area contributed by atoms with Crippen LogP contribution in [0.1, 0.15) is 5.56 Å². The van der Waals surface area contributed by atoms with Gasteiger partial charge in [0.05, 0.1) is 0 Å². The van der Waals surface area contributed by atoms with Crippen molar-refractivity contribution in [2.45, 2.75) is 6.61 Å².